The van der Waals surface area contributed by atoms with E-state index in [2.05, 4.69) is 18.9 Å². The van der Waals surface area contributed by atoms with Gasteiger partial charge in [0.2, 0.25) is 0 Å². The minimum atomic E-state index is 0.430. The molecular weight excluding hydrogens is 214 g/mol. The summed E-state index contributed by atoms with van der Waals surface area (Å²) in [4.78, 5) is 10.6. The lowest BCUT2D eigenvalue weighted by Crippen LogP contribution is -2.06. The normalized spacial score (nSPS) is 12.6. The highest BCUT2D eigenvalue weighted by atomic mass is 16.1. The number of nitrogens with zero attached hydrogens (tertiary/aromatic N) is 3. The molecule has 17 heavy (non-hydrogen) atoms. The maximum absolute atomic E-state index is 10.6. The molecule has 1 atom stereocenters. The first kappa shape index (κ1) is 11.6. The van der Waals surface area contributed by atoms with Crippen molar-refractivity contribution in [2.45, 2.75) is 32.9 Å². The Morgan fingerprint density at radius 3 is 2.88 bits per heavy atom. The molecule has 0 aliphatic heterocycles. The molecular formula is C13H17N3O. The van der Waals surface area contributed by atoms with Gasteiger partial charge in [0.25, 0.3) is 0 Å². The van der Waals surface area contributed by atoms with E-state index >= 15 is 0 Å². The summed E-state index contributed by atoms with van der Waals surface area (Å²) in [7, 11) is 0. The molecule has 0 fully saturated rings. The Kier molecular flexibility index (Phi) is 3.42. The second kappa shape index (κ2) is 4.99. The molecule has 0 aliphatic rings. The van der Waals surface area contributed by atoms with Gasteiger partial charge in [-0.15, -0.1) is 0 Å². The predicted molar refractivity (Wildman–Crippen MR) is 66.2 cm³/mol. The fourth-order valence-electron chi connectivity index (χ4n) is 1.71. The zero-order valence-electron chi connectivity index (χ0n) is 10.2. The van der Waals surface area contributed by atoms with Crippen molar-refractivity contribution in [1.82, 2.24) is 14.3 Å². The maximum atomic E-state index is 10.6. The summed E-state index contributed by atoms with van der Waals surface area (Å²) in [5, 5.41) is 4.52. The molecule has 4 nitrogen and oxygen atoms in total. The molecule has 1 unspecified atom stereocenters. The van der Waals surface area contributed by atoms with Gasteiger partial charge < -0.3 is 4.57 Å². The van der Waals surface area contributed by atoms with Gasteiger partial charge in [0.05, 0.1) is 12.2 Å². The fraction of sp³-hybridized carbons (Fsp3) is 0.385. The van der Waals surface area contributed by atoms with Crippen LogP contribution in [0.15, 0.2) is 30.7 Å². The quantitative estimate of drug-likeness (QED) is 0.742. The Hall–Kier alpha value is -1.84. The summed E-state index contributed by atoms with van der Waals surface area (Å²) in [6, 6.07) is 4.25. The summed E-state index contributed by atoms with van der Waals surface area (Å²) in [6.45, 7) is 5.00. The van der Waals surface area contributed by atoms with Crippen molar-refractivity contribution in [1.29, 1.82) is 0 Å². The molecule has 0 saturated heterocycles. The predicted octanol–water partition coefficient (Wildman–Crippen LogP) is 2.52. The summed E-state index contributed by atoms with van der Waals surface area (Å²) in [6.07, 6.45) is 7.66. The van der Waals surface area contributed by atoms with Gasteiger partial charge in [-0.2, -0.15) is 5.10 Å². The molecule has 0 bridgehead atoms. The number of aromatic nitrogens is 3. The molecule has 0 amide bonds. The number of rotatable bonds is 5. The lowest BCUT2D eigenvalue weighted by atomic mass is 10.3. The van der Waals surface area contributed by atoms with Crippen LogP contribution in [-0.4, -0.2) is 20.6 Å². The lowest BCUT2D eigenvalue weighted by Gasteiger charge is -2.08. The summed E-state index contributed by atoms with van der Waals surface area (Å²) >= 11 is 0. The van der Waals surface area contributed by atoms with Crippen molar-refractivity contribution in [3.63, 3.8) is 0 Å². The standard InChI is InChI=1S/C13H17N3O/c1-3-11(2)16-7-5-13(14-16)9-15-6-4-12(8-15)10-17/h4-8,10-11H,3,9H2,1-2H3. The van der Waals surface area contributed by atoms with Crippen LogP contribution in [0.4, 0.5) is 0 Å². The van der Waals surface area contributed by atoms with Crippen LogP contribution in [0.2, 0.25) is 0 Å². The van der Waals surface area contributed by atoms with Gasteiger partial charge in [-0.1, -0.05) is 6.92 Å². The molecule has 0 aliphatic carbocycles. The Labute approximate surface area is 101 Å². The minimum Gasteiger partial charge on any atom is -0.348 e. The molecule has 2 aromatic heterocycles. The van der Waals surface area contributed by atoms with E-state index in [-0.39, 0.29) is 0 Å². The molecule has 0 aromatic carbocycles. The highest BCUT2D eigenvalue weighted by molar-refractivity contribution is 5.74. The van der Waals surface area contributed by atoms with Gasteiger partial charge in [-0.25, -0.2) is 0 Å². The van der Waals surface area contributed by atoms with Crippen molar-refractivity contribution in [2.75, 3.05) is 0 Å². The first-order chi connectivity index (χ1) is 8.22. The molecule has 2 rings (SSSR count). The second-order valence-electron chi connectivity index (χ2n) is 4.28. The van der Waals surface area contributed by atoms with Gasteiger partial charge in [0.1, 0.15) is 0 Å². The van der Waals surface area contributed by atoms with E-state index in [0.29, 0.717) is 18.2 Å². The SMILES string of the molecule is CCC(C)n1ccc(Cn2ccc(C=O)c2)n1. The number of aldehydes is 1. The fourth-order valence-corrected chi connectivity index (χ4v) is 1.71. The Balaban J connectivity index is 2.08. The van der Waals surface area contributed by atoms with E-state index in [4.69, 9.17) is 0 Å². The summed E-state index contributed by atoms with van der Waals surface area (Å²) < 4.78 is 3.95. The minimum absolute atomic E-state index is 0.430. The smallest absolute Gasteiger partial charge is 0.151 e. The van der Waals surface area contributed by atoms with Gasteiger partial charge >= 0.3 is 0 Å². The lowest BCUT2D eigenvalue weighted by molar-refractivity contribution is 0.112. The monoisotopic (exact) mass is 231 g/mol. The van der Waals surface area contributed by atoms with Crippen molar-refractivity contribution in [3.05, 3.63) is 42.0 Å². The molecule has 0 N–H and O–H groups in total. The molecule has 0 saturated carbocycles. The van der Waals surface area contributed by atoms with Crippen LogP contribution in [0.3, 0.4) is 0 Å². The highest BCUT2D eigenvalue weighted by Gasteiger charge is 2.05. The molecule has 4 heteroatoms. The Morgan fingerprint density at radius 2 is 2.24 bits per heavy atom. The Bertz CT molecular complexity index is 498. The van der Waals surface area contributed by atoms with Gasteiger partial charge in [0.15, 0.2) is 6.29 Å². The molecule has 90 valence electrons. The molecule has 2 aromatic rings. The number of carbonyl (C=O) groups is 1. The van der Waals surface area contributed by atoms with Crippen LogP contribution in [0.5, 0.6) is 0 Å². The summed E-state index contributed by atoms with van der Waals surface area (Å²) in [5.74, 6) is 0. The largest absolute Gasteiger partial charge is 0.348 e. The van der Waals surface area contributed by atoms with Crippen molar-refractivity contribution in [3.8, 4) is 0 Å². The third-order valence-corrected chi connectivity index (χ3v) is 2.96. The number of hydrogen-bond acceptors (Lipinski definition) is 2. The molecule has 2 heterocycles. The maximum Gasteiger partial charge on any atom is 0.151 e. The second-order valence-corrected chi connectivity index (χ2v) is 4.28. The molecule has 0 spiro atoms. The van der Waals surface area contributed by atoms with Crippen molar-refractivity contribution < 1.29 is 4.79 Å². The number of hydrogen-bond donors (Lipinski definition) is 0. The van der Waals surface area contributed by atoms with E-state index in [9.17, 15) is 4.79 Å². The van der Waals surface area contributed by atoms with E-state index in [1.807, 2.05) is 33.9 Å². The first-order valence-electron chi connectivity index (χ1n) is 5.88. The van der Waals surface area contributed by atoms with E-state index < -0.39 is 0 Å². The average molecular weight is 231 g/mol. The third-order valence-electron chi connectivity index (χ3n) is 2.96. The number of carbonyl (C=O) groups excluding carboxylic acids is 1. The Morgan fingerprint density at radius 1 is 1.41 bits per heavy atom. The highest BCUT2D eigenvalue weighted by Crippen LogP contribution is 2.10. The summed E-state index contributed by atoms with van der Waals surface area (Å²) in [5.41, 5.74) is 1.71. The van der Waals surface area contributed by atoms with E-state index in [1.165, 1.54) is 0 Å². The average Bonchev–Trinajstić information content (AvgIpc) is 2.97. The zero-order valence-corrected chi connectivity index (χ0v) is 10.2. The van der Waals surface area contributed by atoms with E-state index in [0.717, 1.165) is 18.4 Å². The van der Waals surface area contributed by atoms with Crippen LogP contribution in [0, 0.1) is 0 Å². The van der Waals surface area contributed by atoms with Crippen LogP contribution >= 0.6 is 0 Å². The van der Waals surface area contributed by atoms with Crippen LogP contribution in [0.25, 0.3) is 0 Å². The van der Waals surface area contributed by atoms with Gasteiger partial charge in [0, 0.05) is 30.2 Å². The van der Waals surface area contributed by atoms with Crippen molar-refractivity contribution >= 4 is 6.29 Å². The zero-order chi connectivity index (χ0) is 12.3. The van der Waals surface area contributed by atoms with Gasteiger partial charge in [-0.05, 0) is 25.5 Å². The first-order valence-corrected chi connectivity index (χ1v) is 5.88. The topological polar surface area (TPSA) is 39.8 Å². The third kappa shape index (κ3) is 2.64. The van der Waals surface area contributed by atoms with Gasteiger partial charge in [-0.3, -0.25) is 9.48 Å². The van der Waals surface area contributed by atoms with Crippen LogP contribution in [-0.2, 0) is 6.54 Å². The van der Waals surface area contributed by atoms with Crippen LogP contribution < -0.4 is 0 Å². The van der Waals surface area contributed by atoms with Crippen molar-refractivity contribution in [2.24, 2.45) is 0 Å². The van der Waals surface area contributed by atoms with Crippen LogP contribution in [0.1, 0.15) is 42.4 Å². The van der Waals surface area contributed by atoms with E-state index in [1.54, 1.807) is 6.07 Å². The molecule has 0 radical (unpaired) electrons.